The average Bonchev–Trinajstić information content (AvgIpc) is 3.47. The molecule has 2 heterocycles. The van der Waals surface area contributed by atoms with Crippen LogP contribution in [0.2, 0.25) is 0 Å². The van der Waals surface area contributed by atoms with Crippen LogP contribution in [0.25, 0.3) is 11.4 Å². The summed E-state index contributed by atoms with van der Waals surface area (Å²) in [5.41, 5.74) is 1.41. The zero-order chi connectivity index (χ0) is 25.7. The van der Waals surface area contributed by atoms with Crippen molar-refractivity contribution in [2.75, 3.05) is 0 Å². The summed E-state index contributed by atoms with van der Waals surface area (Å²) in [7, 11) is 2.63. The summed E-state index contributed by atoms with van der Waals surface area (Å²) in [6, 6.07) is 12.4. The molecule has 0 unspecified atom stereocenters. The standard InChI is InChI=1S/C22H22N8O4S2/c1-3-5-19-23-21(25-27(19)15-7-11-17(12-8-15)29(31)32)35-36-22-24-20(6-4-2)28(26-22)16-9-13-18(14-10-16)30(33)34/h7-14H,3-6H2,1-2H3. The van der Waals surface area contributed by atoms with Crippen molar-refractivity contribution in [2.24, 2.45) is 0 Å². The van der Waals surface area contributed by atoms with Gasteiger partial charge in [0, 0.05) is 37.1 Å². The Kier molecular flexibility index (Phi) is 7.95. The lowest BCUT2D eigenvalue weighted by Crippen LogP contribution is -2.03. The summed E-state index contributed by atoms with van der Waals surface area (Å²) in [6.07, 6.45) is 3.13. The first-order valence-corrected chi connectivity index (χ1v) is 13.3. The lowest BCUT2D eigenvalue weighted by molar-refractivity contribution is -0.385. The number of nitrogens with zero attached hydrogens (tertiary/aromatic N) is 8. The molecule has 0 radical (unpaired) electrons. The van der Waals surface area contributed by atoms with Crippen molar-refractivity contribution < 1.29 is 9.85 Å². The van der Waals surface area contributed by atoms with Crippen LogP contribution in [0.15, 0.2) is 58.8 Å². The summed E-state index contributed by atoms with van der Waals surface area (Å²) in [4.78, 5) is 30.3. The van der Waals surface area contributed by atoms with Gasteiger partial charge < -0.3 is 0 Å². The maximum absolute atomic E-state index is 11.0. The quantitative estimate of drug-likeness (QED) is 0.142. The number of aromatic nitrogens is 6. The Morgan fingerprint density at radius 2 is 1.06 bits per heavy atom. The molecule has 12 nitrogen and oxygen atoms in total. The van der Waals surface area contributed by atoms with Gasteiger partial charge >= 0.3 is 0 Å². The summed E-state index contributed by atoms with van der Waals surface area (Å²) in [5.74, 6) is 1.51. The van der Waals surface area contributed by atoms with Gasteiger partial charge in [0.05, 0.1) is 21.2 Å². The van der Waals surface area contributed by atoms with Crippen molar-refractivity contribution in [3.05, 3.63) is 80.4 Å². The number of rotatable bonds is 11. The van der Waals surface area contributed by atoms with E-state index in [1.54, 1.807) is 33.6 Å². The summed E-state index contributed by atoms with van der Waals surface area (Å²) >= 11 is 0. The molecule has 2 aromatic heterocycles. The minimum absolute atomic E-state index is 0.0126. The SMILES string of the molecule is CCCc1nc(SSc2nc(CCC)n(-c3ccc([N+](=O)[O-])cc3)n2)nn1-c1ccc([N+](=O)[O-])cc1. The Balaban J connectivity index is 1.55. The minimum atomic E-state index is -0.439. The van der Waals surface area contributed by atoms with Crippen LogP contribution in [-0.2, 0) is 12.8 Å². The molecule has 0 spiro atoms. The highest BCUT2D eigenvalue weighted by Gasteiger charge is 2.17. The molecule has 36 heavy (non-hydrogen) atoms. The molecular formula is C22H22N8O4S2. The number of nitro groups is 2. The van der Waals surface area contributed by atoms with E-state index < -0.39 is 9.85 Å². The first-order valence-electron chi connectivity index (χ1n) is 11.2. The predicted octanol–water partition coefficient (Wildman–Crippen LogP) is 5.37. The Labute approximate surface area is 213 Å². The predicted molar refractivity (Wildman–Crippen MR) is 136 cm³/mol. The third-order valence-electron chi connectivity index (χ3n) is 5.06. The normalized spacial score (nSPS) is 11.1. The molecule has 4 aromatic rings. The monoisotopic (exact) mass is 526 g/mol. The highest BCUT2D eigenvalue weighted by atomic mass is 33.1. The fourth-order valence-electron chi connectivity index (χ4n) is 3.41. The molecule has 0 aliphatic heterocycles. The zero-order valence-corrected chi connectivity index (χ0v) is 21.1. The van der Waals surface area contributed by atoms with Crippen LogP contribution in [-0.4, -0.2) is 39.4 Å². The highest BCUT2D eigenvalue weighted by molar-refractivity contribution is 8.76. The van der Waals surface area contributed by atoms with Crippen molar-refractivity contribution in [3.8, 4) is 11.4 Å². The lowest BCUT2D eigenvalue weighted by Gasteiger charge is -2.04. The smallest absolute Gasteiger partial charge is 0.258 e. The van der Waals surface area contributed by atoms with Crippen molar-refractivity contribution >= 4 is 33.0 Å². The van der Waals surface area contributed by atoms with Crippen molar-refractivity contribution in [2.45, 2.75) is 49.8 Å². The molecule has 0 aliphatic carbocycles. The largest absolute Gasteiger partial charge is 0.269 e. The van der Waals surface area contributed by atoms with Gasteiger partial charge in [0.1, 0.15) is 11.6 Å². The molecule has 0 amide bonds. The van der Waals surface area contributed by atoms with Crippen LogP contribution < -0.4 is 0 Å². The van der Waals surface area contributed by atoms with Crippen LogP contribution in [0, 0.1) is 20.2 Å². The summed E-state index contributed by atoms with van der Waals surface area (Å²) in [5, 5.41) is 32.1. The van der Waals surface area contributed by atoms with E-state index in [0.717, 1.165) is 24.5 Å². The average molecular weight is 527 g/mol. The van der Waals surface area contributed by atoms with Gasteiger partial charge in [0.25, 0.3) is 11.4 Å². The topological polar surface area (TPSA) is 148 Å². The highest BCUT2D eigenvalue weighted by Crippen LogP contribution is 2.35. The summed E-state index contributed by atoms with van der Waals surface area (Å²) in [6.45, 7) is 4.08. The molecule has 0 N–H and O–H groups in total. The number of benzene rings is 2. The van der Waals surface area contributed by atoms with E-state index in [1.165, 1.54) is 45.9 Å². The number of hydrogen-bond donors (Lipinski definition) is 0. The third kappa shape index (κ3) is 5.71. The summed E-state index contributed by atoms with van der Waals surface area (Å²) < 4.78 is 3.39. The number of hydrogen-bond acceptors (Lipinski definition) is 10. The molecule has 2 aromatic carbocycles. The van der Waals surface area contributed by atoms with Crippen LogP contribution >= 0.6 is 21.6 Å². The number of aryl methyl sites for hydroxylation is 2. The second-order valence-electron chi connectivity index (χ2n) is 7.66. The van der Waals surface area contributed by atoms with E-state index in [9.17, 15) is 20.2 Å². The lowest BCUT2D eigenvalue weighted by atomic mass is 10.2. The van der Waals surface area contributed by atoms with Crippen LogP contribution in [0.3, 0.4) is 0 Å². The van der Waals surface area contributed by atoms with E-state index in [2.05, 4.69) is 20.2 Å². The van der Waals surface area contributed by atoms with E-state index >= 15 is 0 Å². The second-order valence-corrected chi connectivity index (χ2v) is 9.72. The van der Waals surface area contributed by atoms with Crippen molar-refractivity contribution in [3.63, 3.8) is 0 Å². The van der Waals surface area contributed by atoms with Crippen molar-refractivity contribution in [1.82, 2.24) is 29.5 Å². The fraction of sp³-hybridized carbons (Fsp3) is 0.273. The molecule has 0 saturated carbocycles. The van der Waals surface area contributed by atoms with Crippen LogP contribution in [0.5, 0.6) is 0 Å². The molecule has 14 heteroatoms. The van der Waals surface area contributed by atoms with Crippen LogP contribution in [0.4, 0.5) is 11.4 Å². The minimum Gasteiger partial charge on any atom is -0.258 e. The van der Waals surface area contributed by atoms with Gasteiger partial charge in [0.15, 0.2) is 0 Å². The van der Waals surface area contributed by atoms with Gasteiger partial charge in [-0.1, -0.05) is 13.8 Å². The Hall–Kier alpha value is -3.78. The molecule has 0 bridgehead atoms. The molecule has 186 valence electrons. The van der Waals surface area contributed by atoms with Gasteiger partial charge in [-0.2, -0.15) is 0 Å². The Bertz CT molecular complexity index is 1260. The number of nitro benzene ring substituents is 2. The van der Waals surface area contributed by atoms with Gasteiger partial charge in [0.2, 0.25) is 10.3 Å². The van der Waals surface area contributed by atoms with Gasteiger partial charge in [-0.05, 0) is 58.7 Å². The van der Waals surface area contributed by atoms with E-state index in [-0.39, 0.29) is 11.4 Å². The van der Waals surface area contributed by atoms with Crippen LogP contribution in [0.1, 0.15) is 38.3 Å². The zero-order valence-electron chi connectivity index (χ0n) is 19.5. The maximum atomic E-state index is 11.0. The second kappa shape index (κ2) is 11.3. The fourth-order valence-corrected chi connectivity index (χ4v) is 4.94. The molecular weight excluding hydrogens is 504 g/mol. The molecule has 0 aliphatic rings. The maximum Gasteiger partial charge on any atom is 0.269 e. The Morgan fingerprint density at radius 1 is 0.694 bits per heavy atom. The third-order valence-corrected chi connectivity index (χ3v) is 6.93. The van der Waals surface area contributed by atoms with Gasteiger partial charge in [-0.25, -0.2) is 19.3 Å². The van der Waals surface area contributed by atoms with E-state index in [1.807, 2.05) is 13.8 Å². The van der Waals surface area contributed by atoms with Gasteiger partial charge in [-0.15, -0.1) is 10.2 Å². The van der Waals surface area contributed by atoms with Crippen molar-refractivity contribution in [1.29, 1.82) is 0 Å². The Morgan fingerprint density at radius 3 is 1.36 bits per heavy atom. The first kappa shape index (κ1) is 25.3. The number of non-ortho nitro benzene ring substituents is 2. The first-order chi connectivity index (χ1) is 17.4. The van der Waals surface area contributed by atoms with Gasteiger partial charge in [-0.3, -0.25) is 20.2 Å². The van der Waals surface area contributed by atoms with E-state index in [0.29, 0.717) is 34.5 Å². The molecule has 0 fully saturated rings. The molecule has 4 rings (SSSR count). The van der Waals surface area contributed by atoms with E-state index in [4.69, 9.17) is 0 Å². The molecule has 0 atom stereocenters. The molecule has 0 saturated heterocycles.